The van der Waals surface area contributed by atoms with Crippen molar-refractivity contribution in [2.45, 2.75) is 46.7 Å². The van der Waals surface area contributed by atoms with E-state index in [-0.39, 0.29) is 6.04 Å². The molecule has 2 aromatic rings. The maximum absolute atomic E-state index is 5.83. The predicted molar refractivity (Wildman–Crippen MR) is 82.4 cm³/mol. The Morgan fingerprint density at radius 3 is 2.55 bits per heavy atom. The van der Waals surface area contributed by atoms with Crippen LogP contribution in [0.15, 0.2) is 24.3 Å². The van der Waals surface area contributed by atoms with Gasteiger partial charge in [-0.1, -0.05) is 30.7 Å². The lowest BCUT2D eigenvalue weighted by Gasteiger charge is -2.20. The second-order valence-corrected chi connectivity index (χ2v) is 5.19. The summed E-state index contributed by atoms with van der Waals surface area (Å²) < 4.78 is 2.03. The van der Waals surface area contributed by atoms with E-state index in [1.807, 2.05) is 4.68 Å². The van der Waals surface area contributed by atoms with E-state index in [0.29, 0.717) is 0 Å². The van der Waals surface area contributed by atoms with Crippen LogP contribution < -0.4 is 11.3 Å². The molecule has 1 unspecified atom stereocenters. The van der Waals surface area contributed by atoms with Gasteiger partial charge in [-0.05, 0) is 44.4 Å². The number of nitrogens with two attached hydrogens (primary N) is 1. The van der Waals surface area contributed by atoms with Gasteiger partial charge in [0.1, 0.15) is 0 Å². The highest BCUT2D eigenvalue weighted by Gasteiger charge is 2.19. The first-order valence-corrected chi connectivity index (χ1v) is 7.20. The van der Waals surface area contributed by atoms with Crippen molar-refractivity contribution in [2.75, 3.05) is 0 Å². The first kappa shape index (κ1) is 14.8. The third-order valence-electron chi connectivity index (χ3n) is 3.72. The molecule has 0 amide bonds. The maximum Gasteiger partial charge on any atom is 0.0880 e. The summed E-state index contributed by atoms with van der Waals surface area (Å²) in [4.78, 5) is 0. The standard InChI is InChI=1S/C16H24N4/c1-5-13-10-15(20(6-2)19-13)16(18-17)14-8-7-11(3)9-12(14)4/h7-10,16,18H,5-6,17H2,1-4H3. The van der Waals surface area contributed by atoms with Crippen LogP contribution in [-0.4, -0.2) is 9.78 Å². The second kappa shape index (κ2) is 6.20. The van der Waals surface area contributed by atoms with Crippen molar-refractivity contribution in [1.29, 1.82) is 0 Å². The Kier molecular flexibility index (Phi) is 4.57. The summed E-state index contributed by atoms with van der Waals surface area (Å²) in [6.45, 7) is 9.30. The molecular formula is C16H24N4. The number of hydrazine groups is 1. The van der Waals surface area contributed by atoms with Crippen molar-refractivity contribution in [3.05, 3.63) is 52.3 Å². The van der Waals surface area contributed by atoms with Gasteiger partial charge in [0, 0.05) is 6.54 Å². The normalized spacial score (nSPS) is 12.7. The average molecular weight is 272 g/mol. The Labute approximate surface area is 121 Å². The third-order valence-corrected chi connectivity index (χ3v) is 3.72. The number of benzene rings is 1. The quantitative estimate of drug-likeness (QED) is 0.650. The molecule has 0 saturated heterocycles. The Morgan fingerprint density at radius 1 is 1.25 bits per heavy atom. The van der Waals surface area contributed by atoms with E-state index in [9.17, 15) is 0 Å². The number of rotatable bonds is 5. The molecule has 0 aliphatic rings. The molecule has 4 heteroatoms. The molecular weight excluding hydrogens is 248 g/mol. The van der Waals surface area contributed by atoms with Crippen LogP contribution in [0.4, 0.5) is 0 Å². The van der Waals surface area contributed by atoms with Crippen LogP contribution in [0.3, 0.4) is 0 Å². The fourth-order valence-electron chi connectivity index (χ4n) is 2.63. The minimum Gasteiger partial charge on any atom is -0.271 e. The van der Waals surface area contributed by atoms with E-state index in [4.69, 9.17) is 5.84 Å². The molecule has 4 nitrogen and oxygen atoms in total. The Balaban J connectivity index is 2.48. The zero-order valence-corrected chi connectivity index (χ0v) is 12.8. The van der Waals surface area contributed by atoms with E-state index in [2.05, 4.69) is 62.5 Å². The SMILES string of the molecule is CCc1cc(C(NN)c2ccc(C)cc2C)n(CC)n1. The maximum atomic E-state index is 5.83. The summed E-state index contributed by atoms with van der Waals surface area (Å²) in [5, 5.41) is 4.61. The van der Waals surface area contributed by atoms with Crippen molar-refractivity contribution < 1.29 is 0 Å². The Morgan fingerprint density at radius 2 is 2.00 bits per heavy atom. The van der Waals surface area contributed by atoms with Gasteiger partial charge >= 0.3 is 0 Å². The lowest BCUT2D eigenvalue weighted by Crippen LogP contribution is -2.31. The molecule has 0 bridgehead atoms. The highest BCUT2D eigenvalue weighted by atomic mass is 15.3. The fourth-order valence-corrected chi connectivity index (χ4v) is 2.63. The number of nitrogens with one attached hydrogen (secondary N) is 1. The Hall–Kier alpha value is -1.65. The molecule has 20 heavy (non-hydrogen) atoms. The predicted octanol–water partition coefficient (Wildman–Crippen LogP) is 2.63. The molecule has 1 heterocycles. The van der Waals surface area contributed by atoms with E-state index < -0.39 is 0 Å². The first-order chi connectivity index (χ1) is 9.60. The number of aromatic nitrogens is 2. The average Bonchev–Trinajstić information content (AvgIpc) is 2.85. The van der Waals surface area contributed by atoms with E-state index in [1.54, 1.807) is 0 Å². The van der Waals surface area contributed by atoms with Crippen LogP contribution in [0.5, 0.6) is 0 Å². The van der Waals surface area contributed by atoms with Crippen LogP contribution >= 0.6 is 0 Å². The zero-order valence-electron chi connectivity index (χ0n) is 12.8. The molecule has 0 aliphatic carbocycles. The third kappa shape index (κ3) is 2.76. The minimum atomic E-state index is -0.0247. The van der Waals surface area contributed by atoms with Gasteiger partial charge in [0.25, 0.3) is 0 Å². The zero-order chi connectivity index (χ0) is 14.7. The van der Waals surface area contributed by atoms with Gasteiger partial charge in [0.15, 0.2) is 0 Å². The van der Waals surface area contributed by atoms with Gasteiger partial charge in [-0.3, -0.25) is 10.5 Å². The first-order valence-electron chi connectivity index (χ1n) is 7.20. The molecule has 0 fully saturated rings. The highest BCUT2D eigenvalue weighted by molar-refractivity contribution is 5.37. The lowest BCUT2D eigenvalue weighted by molar-refractivity contribution is 0.540. The molecule has 1 aromatic carbocycles. The van der Waals surface area contributed by atoms with Gasteiger partial charge in [-0.2, -0.15) is 5.10 Å². The van der Waals surface area contributed by atoms with E-state index >= 15 is 0 Å². The van der Waals surface area contributed by atoms with E-state index in [1.165, 1.54) is 16.7 Å². The molecule has 0 spiro atoms. The molecule has 1 aromatic heterocycles. The van der Waals surface area contributed by atoms with Gasteiger partial charge in [-0.25, -0.2) is 5.43 Å². The number of hydrogen-bond donors (Lipinski definition) is 2. The van der Waals surface area contributed by atoms with Gasteiger partial charge < -0.3 is 0 Å². The molecule has 0 saturated carbocycles. The van der Waals surface area contributed by atoms with Crippen molar-refractivity contribution in [2.24, 2.45) is 5.84 Å². The molecule has 2 rings (SSSR count). The second-order valence-electron chi connectivity index (χ2n) is 5.19. The minimum absolute atomic E-state index is 0.0247. The molecule has 0 radical (unpaired) electrons. The smallest absolute Gasteiger partial charge is 0.0880 e. The highest BCUT2D eigenvalue weighted by Crippen LogP contribution is 2.26. The van der Waals surface area contributed by atoms with Gasteiger partial charge in [0.2, 0.25) is 0 Å². The summed E-state index contributed by atoms with van der Waals surface area (Å²) in [6, 6.07) is 8.58. The van der Waals surface area contributed by atoms with E-state index in [0.717, 1.165) is 24.4 Å². The Bertz CT molecular complexity index is 586. The summed E-state index contributed by atoms with van der Waals surface area (Å²) in [5.41, 5.74) is 8.89. The van der Waals surface area contributed by atoms with Crippen LogP contribution in [0.1, 0.15) is 48.0 Å². The van der Waals surface area contributed by atoms with Crippen molar-refractivity contribution in [3.63, 3.8) is 0 Å². The summed E-state index contributed by atoms with van der Waals surface area (Å²) >= 11 is 0. The number of aryl methyl sites for hydroxylation is 4. The number of nitrogens with zero attached hydrogens (tertiary/aromatic N) is 2. The summed E-state index contributed by atoms with van der Waals surface area (Å²) in [5.74, 6) is 5.83. The molecule has 0 aliphatic heterocycles. The van der Waals surface area contributed by atoms with Crippen LogP contribution in [0, 0.1) is 13.8 Å². The fraction of sp³-hybridized carbons (Fsp3) is 0.438. The van der Waals surface area contributed by atoms with Gasteiger partial charge in [0.05, 0.1) is 17.4 Å². The topological polar surface area (TPSA) is 55.9 Å². The van der Waals surface area contributed by atoms with Gasteiger partial charge in [-0.15, -0.1) is 0 Å². The molecule has 1 atom stereocenters. The largest absolute Gasteiger partial charge is 0.271 e. The molecule has 108 valence electrons. The monoisotopic (exact) mass is 272 g/mol. The van der Waals surface area contributed by atoms with Crippen LogP contribution in [0.25, 0.3) is 0 Å². The molecule has 3 N–H and O–H groups in total. The van der Waals surface area contributed by atoms with Crippen molar-refractivity contribution >= 4 is 0 Å². The summed E-state index contributed by atoms with van der Waals surface area (Å²) in [6.07, 6.45) is 0.935. The van der Waals surface area contributed by atoms with Crippen molar-refractivity contribution in [1.82, 2.24) is 15.2 Å². The van der Waals surface area contributed by atoms with Crippen LogP contribution in [0.2, 0.25) is 0 Å². The van der Waals surface area contributed by atoms with Crippen molar-refractivity contribution in [3.8, 4) is 0 Å². The van der Waals surface area contributed by atoms with Crippen LogP contribution in [-0.2, 0) is 13.0 Å². The number of hydrogen-bond acceptors (Lipinski definition) is 3. The lowest BCUT2D eigenvalue weighted by atomic mass is 9.97. The summed E-state index contributed by atoms with van der Waals surface area (Å²) in [7, 11) is 0.